The van der Waals surface area contributed by atoms with Crippen molar-refractivity contribution in [2.75, 3.05) is 39.8 Å². The monoisotopic (exact) mass is 463 g/mol. The van der Waals surface area contributed by atoms with E-state index in [9.17, 15) is 0 Å². The van der Waals surface area contributed by atoms with Gasteiger partial charge in [-0.2, -0.15) is 0 Å². The summed E-state index contributed by atoms with van der Waals surface area (Å²) in [5.74, 6) is 1.82. The number of hydrogen-bond acceptors (Lipinski definition) is 4. The van der Waals surface area contributed by atoms with Gasteiger partial charge in [0.05, 0.1) is 17.2 Å². The molecular formula is C17H30IN5S. The van der Waals surface area contributed by atoms with Gasteiger partial charge >= 0.3 is 0 Å². The average Bonchev–Trinajstić information content (AvgIpc) is 3.30. The normalized spacial score (nSPS) is 22.0. The predicted molar refractivity (Wildman–Crippen MR) is 112 cm³/mol. The highest BCUT2D eigenvalue weighted by Gasteiger charge is 2.27. The molecule has 7 heteroatoms. The lowest BCUT2D eigenvalue weighted by atomic mass is 10.1. The fourth-order valence-corrected chi connectivity index (χ4v) is 4.34. The first-order valence-corrected chi connectivity index (χ1v) is 9.77. The van der Waals surface area contributed by atoms with Crippen LogP contribution in [0.25, 0.3) is 0 Å². The molecule has 1 unspecified atom stereocenters. The summed E-state index contributed by atoms with van der Waals surface area (Å²) >= 11 is 1.75. The summed E-state index contributed by atoms with van der Waals surface area (Å²) in [6.45, 7) is 9.04. The van der Waals surface area contributed by atoms with Gasteiger partial charge in [-0.05, 0) is 44.7 Å². The molecule has 3 rings (SSSR count). The number of nitrogens with zero attached hydrogens (tertiary/aromatic N) is 4. The fraction of sp³-hybridized carbons (Fsp3) is 0.765. The van der Waals surface area contributed by atoms with Crippen LogP contribution in [0, 0.1) is 5.92 Å². The molecule has 5 nitrogen and oxygen atoms in total. The third kappa shape index (κ3) is 5.29. The van der Waals surface area contributed by atoms with Crippen LogP contribution in [-0.2, 0) is 13.0 Å². The Morgan fingerprint density at radius 1 is 1.38 bits per heavy atom. The molecule has 0 saturated carbocycles. The van der Waals surface area contributed by atoms with E-state index in [1.54, 1.807) is 11.3 Å². The second kappa shape index (κ2) is 9.91. The number of likely N-dealkylation sites (tertiary alicyclic amines) is 2. The first kappa shape index (κ1) is 19.9. The van der Waals surface area contributed by atoms with E-state index in [-0.39, 0.29) is 24.0 Å². The van der Waals surface area contributed by atoms with Crippen molar-refractivity contribution in [3.05, 3.63) is 16.1 Å². The van der Waals surface area contributed by atoms with Crippen molar-refractivity contribution in [1.82, 2.24) is 20.1 Å². The summed E-state index contributed by atoms with van der Waals surface area (Å²) in [4.78, 5) is 14.1. The minimum Gasteiger partial charge on any atom is -0.351 e. The molecule has 1 atom stereocenters. The summed E-state index contributed by atoms with van der Waals surface area (Å²) in [6, 6.07) is 0. The Morgan fingerprint density at radius 2 is 2.17 bits per heavy atom. The van der Waals surface area contributed by atoms with Crippen LogP contribution in [-0.4, -0.2) is 60.5 Å². The quantitative estimate of drug-likeness (QED) is 0.415. The van der Waals surface area contributed by atoms with E-state index < -0.39 is 0 Å². The number of aliphatic imine (C=N–C) groups is 1. The zero-order valence-electron chi connectivity index (χ0n) is 14.8. The highest BCUT2D eigenvalue weighted by atomic mass is 127. The molecule has 136 valence electrons. The first-order valence-electron chi connectivity index (χ1n) is 8.89. The van der Waals surface area contributed by atoms with Crippen molar-refractivity contribution in [2.24, 2.45) is 10.9 Å². The Bertz CT molecular complexity index is 527. The van der Waals surface area contributed by atoms with Crippen molar-refractivity contribution in [3.63, 3.8) is 0 Å². The van der Waals surface area contributed by atoms with Gasteiger partial charge in [-0.15, -0.1) is 35.3 Å². The van der Waals surface area contributed by atoms with Gasteiger partial charge in [0.2, 0.25) is 0 Å². The molecular weight excluding hydrogens is 433 g/mol. The second-order valence-electron chi connectivity index (χ2n) is 6.60. The first-order chi connectivity index (χ1) is 11.3. The standard InChI is InChI=1S/C17H29N5S.HI/c1-3-16-20-15(13-23-16)10-19-17(18-2)22-9-6-14(12-22)11-21-7-4-5-8-21;/h13-14H,3-12H2,1-2H3,(H,18,19);1H. The summed E-state index contributed by atoms with van der Waals surface area (Å²) in [5, 5.41) is 6.85. The highest BCUT2D eigenvalue weighted by molar-refractivity contribution is 14.0. The van der Waals surface area contributed by atoms with Gasteiger partial charge in [0.25, 0.3) is 0 Å². The molecule has 0 radical (unpaired) electrons. The SMILES string of the molecule is CCc1nc(CNC(=NC)N2CCC(CN3CCCC3)C2)cs1.I. The molecule has 0 aliphatic carbocycles. The van der Waals surface area contributed by atoms with E-state index in [0.29, 0.717) is 0 Å². The maximum atomic E-state index is 4.62. The molecule has 0 aromatic carbocycles. The van der Waals surface area contributed by atoms with Crippen molar-refractivity contribution < 1.29 is 0 Å². The maximum absolute atomic E-state index is 4.62. The molecule has 2 aliphatic heterocycles. The Hall–Kier alpha value is -0.410. The Kier molecular flexibility index (Phi) is 8.22. The minimum atomic E-state index is 0. The summed E-state index contributed by atoms with van der Waals surface area (Å²) in [7, 11) is 1.88. The Labute approximate surface area is 166 Å². The van der Waals surface area contributed by atoms with Crippen LogP contribution >= 0.6 is 35.3 Å². The Morgan fingerprint density at radius 3 is 2.83 bits per heavy atom. The van der Waals surface area contributed by atoms with Crippen molar-refractivity contribution in [2.45, 2.75) is 39.2 Å². The fourth-order valence-electron chi connectivity index (χ4n) is 3.60. The average molecular weight is 463 g/mol. The molecule has 1 aromatic heterocycles. The van der Waals surface area contributed by atoms with Crippen LogP contribution in [0.2, 0.25) is 0 Å². The predicted octanol–water partition coefficient (Wildman–Crippen LogP) is 2.82. The van der Waals surface area contributed by atoms with Crippen molar-refractivity contribution in [3.8, 4) is 0 Å². The zero-order valence-corrected chi connectivity index (χ0v) is 18.0. The molecule has 0 spiro atoms. The van der Waals surface area contributed by atoms with Crippen LogP contribution in [0.3, 0.4) is 0 Å². The van der Waals surface area contributed by atoms with Gasteiger partial charge < -0.3 is 15.1 Å². The number of aromatic nitrogens is 1. The maximum Gasteiger partial charge on any atom is 0.193 e. The van der Waals surface area contributed by atoms with Gasteiger partial charge in [0, 0.05) is 32.1 Å². The molecule has 2 fully saturated rings. The van der Waals surface area contributed by atoms with E-state index >= 15 is 0 Å². The zero-order chi connectivity index (χ0) is 16.1. The van der Waals surface area contributed by atoms with Crippen LogP contribution in [0.15, 0.2) is 10.4 Å². The second-order valence-corrected chi connectivity index (χ2v) is 7.54. The van der Waals surface area contributed by atoms with Crippen molar-refractivity contribution in [1.29, 1.82) is 0 Å². The number of nitrogens with one attached hydrogen (secondary N) is 1. The van der Waals surface area contributed by atoms with E-state index in [1.807, 2.05) is 7.05 Å². The van der Waals surface area contributed by atoms with Gasteiger partial charge in [-0.25, -0.2) is 4.98 Å². The van der Waals surface area contributed by atoms with Crippen LogP contribution < -0.4 is 5.32 Å². The van der Waals surface area contributed by atoms with Gasteiger partial charge in [0.15, 0.2) is 5.96 Å². The third-order valence-electron chi connectivity index (χ3n) is 4.84. The summed E-state index contributed by atoms with van der Waals surface area (Å²) in [6.07, 6.45) is 5.07. The van der Waals surface area contributed by atoms with Crippen LogP contribution in [0.4, 0.5) is 0 Å². The van der Waals surface area contributed by atoms with Crippen LogP contribution in [0.1, 0.15) is 36.9 Å². The summed E-state index contributed by atoms with van der Waals surface area (Å²) < 4.78 is 0. The van der Waals surface area contributed by atoms with E-state index in [2.05, 4.69) is 37.4 Å². The molecule has 0 bridgehead atoms. The molecule has 0 amide bonds. The lowest BCUT2D eigenvalue weighted by Gasteiger charge is -2.23. The number of thiazole rings is 1. The number of halogens is 1. The molecule has 2 aliphatic rings. The third-order valence-corrected chi connectivity index (χ3v) is 5.88. The van der Waals surface area contributed by atoms with Gasteiger partial charge in [-0.3, -0.25) is 4.99 Å². The highest BCUT2D eigenvalue weighted by Crippen LogP contribution is 2.20. The van der Waals surface area contributed by atoms with E-state index in [0.717, 1.165) is 43.6 Å². The van der Waals surface area contributed by atoms with Crippen molar-refractivity contribution >= 4 is 41.3 Å². The molecule has 1 aromatic rings. The lowest BCUT2D eigenvalue weighted by molar-refractivity contribution is 0.281. The van der Waals surface area contributed by atoms with Gasteiger partial charge in [-0.1, -0.05) is 6.92 Å². The smallest absolute Gasteiger partial charge is 0.193 e. The lowest BCUT2D eigenvalue weighted by Crippen LogP contribution is -2.40. The Balaban J connectivity index is 0.00000208. The molecule has 1 N–H and O–H groups in total. The number of guanidine groups is 1. The molecule has 2 saturated heterocycles. The van der Waals surface area contributed by atoms with Gasteiger partial charge in [0.1, 0.15) is 0 Å². The van der Waals surface area contributed by atoms with Crippen LogP contribution in [0.5, 0.6) is 0 Å². The number of hydrogen-bond donors (Lipinski definition) is 1. The van der Waals surface area contributed by atoms with E-state index in [4.69, 9.17) is 0 Å². The minimum absolute atomic E-state index is 0. The molecule has 24 heavy (non-hydrogen) atoms. The topological polar surface area (TPSA) is 43.8 Å². The largest absolute Gasteiger partial charge is 0.351 e. The summed E-state index contributed by atoms with van der Waals surface area (Å²) in [5.41, 5.74) is 1.13. The number of rotatable bonds is 5. The van der Waals surface area contributed by atoms with E-state index in [1.165, 1.54) is 43.9 Å². The number of aryl methyl sites for hydroxylation is 1. The molecule has 3 heterocycles.